The van der Waals surface area contributed by atoms with Crippen molar-refractivity contribution in [3.05, 3.63) is 103 Å². The lowest BCUT2D eigenvalue weighted by atomic mass is 10.1. The minimum absolute atomic E-state index is 0.0796. The third kappa shape index (κ3) is 2.76. The summed E-state index contributed by atoms with van der Waals surface area (Å²) >= 11 is 0. The van der Waals surface area contributed by atoms with Crippen LogP contribution in [-0.2, 0) is 6.54 Å². The van der Waals surface area contributed by atoms with Crippen molar-refractivity contribution in [1.82, 2.24) is 9.55 Å². The van der Waals surface area contributed by atoms with Gasteiger partial charge in [0, 0.05) is 34.7 Å². The highest BCUT2D eigenvalue weighted by molar-refractivity contribution is 6.11. The van der Waals surface area contributed by atoms with Crippen molar-refractivity contribution in [2.75, 3.05) is 0 Å². The molecule has 0 unspecified atom stereocenters. The second-order valence-electron chi connectivity index (χ2n) is 6.74. The lowest BCUT2D eigenvalue weighted by molar-refractivity contribution is -0.683. The van der Waals surface area contributed by atoms with Gasteiger partial charge in [-0.05, 0) is 24.3 Å². The number of Topliss-reactive ketones (excluding diaryl/α,β-unsaturated/α-hetero) is 1. The lowest BCUT2D eigenvalue weighted by Gasteiger charge is -2.07. The van der Waals surface area contributed by atoms with Crippen LogP contribution in [0.4, 0.5) is 0 Å². The zero-order valence-electron chi connectivity index (χ0n) is 15.2. The second kappa shape index (κ2) is 6.74. The molecule has 0 aliphatic heterocycles. The van der Waals surface area contributed by atoms with Crippen LogP contribution in [0.5, 0.6) is 0 Å². The third-order valence-corrected chi connectivity index (χ3v) is 4.98. The number of ketones is 1. The van der Waals surface area contributed by atoms with Crippen molar-refractivity contribution in [3.8, 4) is 5.82 Å². The van der Waals surface area contributed by atoms with E-state index in [2.05, 4.69) is 21.7 Å². The standard InChI is InChI=1S/C24H18N3O/c28-23(17-26-14-6-1-7-15-26)18-11-12-20-19-8-2-3-9-21(19)27(22(20)16-18)24-10-4-5-13-25-24/h1-16H,17H2/q+1. The monoisotopic (exact) mass is 364 g/mol. The van der Waals surface area contributed by atoms with Crippen molar-refractivity contribution in [2.24, 2.45) is 0 Å². The highest BCUT2D eigenvalue weighted by atomic mass is 16.1. The molecule has 2 aromatic carbocycles. The van der Waals surface area contributed by atoms with E-state index in [-0.39, 0.29) is 5.78 Å². The normalized spacial score (nSPS) is 11.1. The van der Waals surface area contributed by atoms with Gasteiger partial charge in [-0.25, -0.2) is 4.98 Å². The maximum absolute atomic E-state index is 12.9. The first kappa shape index (κ1) is 16.4. The molecule has 0 aliphatic carbocycles. The van der Waals surface area contributed by atoms with Crippen molar-refractivity contribution >= 4 is 27.6 Å². The van der Waals surface area contributed by atoms with Crippen LogP contribution >= 0.6 is 0 Å². The summed E-state index contributed by atoms with van der Waals surface area (Å²) in [5.41, 5.74) is 2.77. The van der Waals surface area contributed by atoms with Gasteiger partial charge in [-0.1, -0.05) is 42.5 Å². The number of benzene rings is 2. The van der Waals surface area contributed by atoms with Crippen molar-refractivity contribution < 1.29 is 9.36 Å². The molecule has 0 saturated carbocycles. The number of rotatable bonds is 4. The number of para-hydroxylation sites is 1. The van der Waals surface area contributed by atoms with Gasteiger partial charge < -0.3 is 0 Å². The number of aromatic nitrogens is 3. The maximum atomic E-state index is 12.9. The Bertz CT molecular complexity index is 1290. The first-order chi connectivity index (χ1) is 13.8. The Balaban J connectivity index is 1.69. The van der Waals surface area contributed by atoms with Crippen LogP contribution in [0.3, 0.4) is 0 Å². The van der Waals surface area contributed by atoms with E-state index in [1.807, 2.05) is 83.7 Å². The van der Waals surface area contributed by atoms with E-state index in [1.165, 1.54) is 0 Å². The summed E-state index contributed by atoms with van der Waals surface area (Å²) in [7, 11) is 0. The molecule has 5 aromatic rings. The zero-order chi connectivity index (χ0) is 18.9. The molecule has 0 spiro atoms. The summed E-state index contributed by atoms with van der Waals surface area (Å²) in [6.07, 6.45) is 5.60. The lowest BCUT2D eigenvalue weighted by Crippen LogP contribution is -2.36. The first-order valence-corrected chi connectivity index (χ1v) is 9.23. The summed E-state index contributed by atoms with van der Waals surface area (Å²) in [5, 5.41) is 2.27. The fraction of sp³-hybridized carbons (Fsp3) is 0.0417. The Labute approximate surface area is 162 Å². The molecule has 0 bridgehead atoms. The molecule has 0 N–H and O–H groups in total. The predicted octanol–water partition coefficient (Wildman–Crippen LogP) is 4.35. The molecular weight excluding hydrogens is 346 g/mol. The summed E-state index contributed by atoms with van der Waals surface area (Å²) < 4.78 is 4.01. The van der Waals surface area contributed by atoms with Crippen molar-refractivity contribution in [2.45, 2.75) is 6.54 Å². The van der Waals surface area contributed by atoms with Gasteiger partial charge in [0.15, 0.2) is 12.4 Å². The minimum Gasteiger partial charge on any atom is -0.294 e. The Morgan fingerprint density at radius 3 is 2.43 bits per heavy atom. The molecule has 134 valence electrons. The number of carbonyl (C=O) groups excluding carboxylic acids is 1. The number of fused-ring (bicyclic) bond motifs is 3. The topological polar surface area (TPSA) is 38.8 Å². The molecular formula is C24H18N3O+. The van der Waals surface area contributed by atoms with E-state index in [0.717, 1.165) is 27.6 Å². The number of carbonyl (C=O) groups is 1. The van der Waals surface area contributed by atoms with E-state index in [4.69, 9.17) is 0 Å². The second-order valence-corrected chi connectivity index (χ2v) is 6.74. The number of hydrogen-bond acceptors (Lipinski definition) is 2. The molecule has 0 aliphatic rings. The Hall–Kier alpha value is -3.79. The van der Waals surface area contributed by atoms with Gasteiger partial charge in [0.25, 0.3) is 0 Å². The van der Waals surface area contributed by atoms with Crippen LogP contribution < -0.4 is 4.57 Å². The molecule has 28 heavy (non-hydrogen) atoms. The van der Waals surface area contributed by atoms with Crippen LogP contribution in [0.15, 0.2) is 97.5 Å². The summed E-state index contributed by atoms with van der Waals surface area (Å²) in [6, 6.07) is 25.9. The molecule has 0 amide bonds. The highest BCUT2D eigenvalue weighted by Gasteiger charge is 2.17. The van der Waals surface area contributed by atoms with Crippen LogP contribution in [0, 0.1) is 0 Å². The van der Waals surface area contributed by atoms with Crippen LogP contribution in [-0.4, -0.2) is 15.3 Å². The summed E-state index contributed by atoms with van der Waals surface area (Å²) in [4.78, 5) is 17.4. The predicted molar refractivity (Wildman–Crippen MR) is 110 cm³/mol. The highest BCUT2D eigenvalue weighted by Crippen LogP contribution is 2.31. The smallest absolute Gasteiger partial charge is 0.227 e. The van der Waals surface area contributed by atoms with E-state index in [9.17, 15) is 4.79 Å². The van der Waals surface area contributed by atoms with E-state index in [1.54, 1.807) is 6.20 Å². The first-order valence-electron chi connectivity index (χ1n) is 9.23. The molecule has 3 heterocycles. The minimum atomic E-state index is 0.0796. The molecule has 0 atom stereocenters. The Morgan fingerprint density at radius 1 is 0.821 bits per heavy atom. The molecule has 5 rings (SSSR count). The van der Waals surface area contributed by atoms with Crippen LogP contribution in [0.25, 0.3) is 27.6 Å². The number of nitrogens with zero attached hydrogens (tertiary/aromatic N) is 3. The maximum Gasteiger partial charge on any atom is 0.227 e. The fourth-order valence-electron chi connectivity index (χ4n) is 3.67. The molecule has 3 aromatic heterocycles. The van der Waals surface area contributed by atoms with Gasteiger partial charge in [0.2, 0.25) is 12.3 Å². The largest absolute Gasteiger partial charge is 0.294 e. The average molecular weight is 364 g/mol. The van der Waals surface area contributed by atoms with Gasteiger partial charge in [-0.3, -0.25) is 9.36 Å². The molecule has 0 saturated heterocycles. The third-order valence-electron chi connectivity index (χ3n) is 4.98. The van der Waals surface area contributed by atoms with Crippen molar-refractivity contribution in [1.29, 1.82) is 0 Å². The van der Waals surface area contributed by atoms with Gasteiger partial charge in [-0.2, -0.15) is 4.57 Å². The molecule has 0 radical (unpaired) electrons. The summed E-state index contributed by atoms with van der Waals surface area (Å²) in [6.45, 7) is 0.316. The number of pyridine rings is 2. The van der Waals surface area contributed by atoms with E-state index >= 15 is 0 Å². The SMILES string of the molecule is O=C(C[n+]1ccccc1)c1ccc2c3ccccc3n(-c3ccccn3)c2c1. The van der Waals surface area contributed by atoms with Gasteiger partial charge in [0.05, 0.1) is 11.0 Å². The molecule has 4 heteroatoms. The molecule has 4 nitrogen and oxygen atoms in total. The van der Waals surface area contributed by atoms with E-state index < -0.39 is 0 Å². The quantitative estimate of drug-likeness (QED) is 0.351. The van der Waals surface area contributed by atoms with Crippen LogP contribution in [0.1, 0.15) is 10.4 Å². The zero-order valence-corrected chi connectivity index (χ0v) is 15.2. The fourth-order valence-corrected chi connectivity index (χ4v) is 3.67. The van der Waals surface area contributed by atoms with Crippen LogP contribution in [0.2, 0.25) is 0 Å². The van der Waals surface area contributed by atoms with E-state index in [0.29, 0.717) is 12.1 Å². The Kier molecular flexibility index (Phi) is 3.95. The van der Waals surface area contributed by atoms with Crippen molar-refractivity contribution in [3.63, 3.8) is 0 Å². The number of hydrogen-bond donors (Lipinski definition) is 0. The van der Waals surface area contributed by atoms with Gasteiger partial charge >= 0.3 is 0 Å². The summed E-state index contributed by atoms with van der Waals surface area (Å²) in [5.74, 6) is 0.923. The Morgan fingerprint density at radius 2 is 1.61 bits per heavy atom. The van der Waals surface area contributed by atoms with Gasteiger partial charge in [0.1, 0.15) is 5.82 Å². The molecule has 0 fully saturated rings. The van der Waals surface area contributed by atoms with Gasteiger partial charge in [-0.15, -0.1) is 0 Å². The average Bonchev–Trinajstić information content (AvgIpc) is 3.09.